The minimum atomic E-state index is -3.36. The van der Waals surface area contributed by atoms with E-state index in [0.29, 0.717) is 0 Å². The molecule has 1 fully saturated rings. The average molecular weight is 595 g/mol. The minimum absolute atomic E-state index is 0.0393. The Balaban J connectivity index is 2.65. The maximum Gasteiger partial charge on any atom is 0.330 e. The summed E-state index contributed by atoms with van der Waals surface area (Å²) in [4.78, 5) is 30.4. The van der Waals surface area contributed by atoms with Crippen LogP contribution in [-0.4, -0.2) is 97.3 Å². The van der Waals surface area contributed by atoms with E-state index in [1.165, 1.54) is 33.6 Å². The number of rotatable bonds is 15. The van der Waals surface area contributed by atoms with Crippen molar-refractivity contribution in [3.05, 3.63) is 44.0 Å². The SMILES string of the molecule is [C-]#[N+]CCOP(O[C@H]1[C@@H](OCCOC)[C@H](n2cc(C)c(=O)[nH]c2=O)O[C@@H]1[C@H](F)P(C)(C)=O)N(C(C)C)C(C)C. The highest BCUT2D eigenvalue weighted by atomic mass is 31.2. The number of H-pyrrole nitrogens is 1. The van der Waals surface area contributed by atoms with Crippen molar-refractivity contribution in [2.75, 3.05) is 46.8 Å². The number of nitrogens with one attached hydrogen (secondary N) is 1. The number of aromatic nitrogens is 2. The first-order valence-corrected chi connectivity index (χ1v) is 16.5. The molecular weight excluding hydrogens is 553 g/mol. The van der Waals surface area contributed by atoms with Gasteiger partial charge >= 0.3 is 5.69 Å². The average Bonchev–Trinajstić information content (AvgIpc) is 3.17. The predicted molar refractivity (Wildman–Crippen MR) is 147 cm³/mol. The lowest BCUT2D eigenvalue weighted by molar-refractivity contribution is -0.0807. The van der Waals surface area contributed by atoms with Gasteiger partial charge in [0.05, 0.1) is 13.2 Å². The monoisotopic (exact) mass is 594 g/mol. The van der Waals surface area contributed by atoms with Gasteiger partial charge < -0.3 is 32.7 Å². The Morgan fingerprint density at radius 2 is 1.85 bits per heavy atom. The molecule has 0 aromatic carbocycles. The van der Waals surface area contributed by atoms with Gasteiger partial charge in [-0.15, -0.1) is 0 Å². The van der Waals surface area contributed by atoms with E-state index in [-0.39, 0.29) is 44.0 Å². The minimum Gasteiger partial charge on any atom is -0.382 e. The first kappa shape index (κ1) is 33.7. The normalized spacial score (nSPS) is 23.5. The van der Waals surface area contributed by atoms with Gasteiger partial charge in [-0.2, -0.15) is 0 Å². The van der Waals surface area contributed by atoms with Crippen molar-refractivity contribution < 1.29 is 32.2 Å². The molecule has 0 bridgehead atoms. The molecule has 1 aliphatic rings. The number of hydrogen-bond acceptors (Lipinski definition) is 9. The van der Waals surface area contributed by atoms with Crippen molar-refractivity contribution in [2.24, 2.45) is 0 Å². The number of aromatic amines is 1. The van der Waals surface area contributed by atoms with Crippen molar-refractivity contribution in [1.82, 2.24) is 14.2 Å². The lowest BCUT2D eigenvalue weighted by Crippen LogP contribution is -2.43. The molecular formula is C24H41FN4O8P2. The zero-order valence-corrected chi connectivity index (χ0v) is 25.6. The summed E-state index contributed by atoms with van der Waals surface area (Å²) in [5, 5.41) is 0. The topological polar surface area (TPSA) is 126 Å². The fourth-order valence-electron chi connectivity index (χ4n) is 4.20. The third kappa shape index (κ3) is 8.75. The van der Waals surface area contributed by atoms with E-state index >= 15 is 4.39 Å². The molecule has 2 rings (SSSR count). The van der Waals surface area contributed by atoms with Gasteiger partial charge in [0.2, 0.25) is 6.54 Å². The summed E-state index contributed by atoms with van der Waals surface area (Å²) in [5.74, 6) is -1.95. The molecule has 1 saturated heterocycles. The van der Waals surface area contributed by atoms with Crippen LogP contribution in [0.1, 0.15) is 39.5 Å². The third-order valence-electron chi connectivity index (χ3n) is 5.97. The van der Waals surface area contributed by atoms with Crippen LogP contribution in [0.4, 0.5) is 4.39 Å². The summed E-state index contributed by atoms with van der Waals surface area (Å²) in [6, 6.07) is -0.0786. The first-order valence-electron chi connectivity index (χ1n) is 12.7. The molecule has 2 heterocycles. The number of hydrogen-bond donors (Lipinski definition) is 1. The van der Waals surface area contributed by atoms with Crippen LogP contribution in [0.15, 0.2) is 15.8 Å². The highest BCUT2D eigenvalue weighted by Crippen LogP contribution is 2.54. The van der Waals surface area contributed by atoms with E-state index < -0.39 is 57.4 Å². The molecule has 15 heteroatoms. The van der Waals surface area contributed by atoms with Gasteiger partial charge in [-0.1, -0.05) is 0 Å². The Morgan fingerprint density at radius 1 is 1.21 bits per heavy atom. The van der Waals surface area contributed by atoms with E-state index in [1.54, 1.807) is 0 Å². The molecule has 1 aromatic rings. The lowest BCUT2D eigenvalue weighted by atomic mass is 10.1. The number of methoxy groups -OCH3 is 1. The van der Waals surface area contributed by atoms with Crippen LogP contribution < -0.4 is 11.2 Å². The van der Waals surface area contributed by atoms with Gasteiger partial charge in [0.1, 0.15) is 32.1 Å². The predicted octanol–water partition coefficient (Wildman–Crippen LogP) is 3.36. The fourth-order valence-corrected chi connectivity index (χ4v) is 6.89. The molecule has 0 radical (unpaired) electrons. The molecule has 1 aliphatic heterocycles. The molecule has 6 atom stereocenters. The summed E-state index contributed by atoms with van der Waals surface area (Å²) in [6.07, 6.45) is -3.51. The maximum atomic E-state index is 15.9. The van der Waals surface area contributed by atoms with Crippen molar-refractivity contribution in [2.45, 2.75) is 77.2 Å². The molecule has 1 aromatic heterocycles. The van der Waals surface area contributed by atoms with Crippen LogP contribution in [0.5, 0.6) is 0 Å². The summed E-state index contributed by atoms with van der Waals surface area (Å²) >= 11 is 0. The molecule has 1 unspecified atom stereocenters. The number of aryl methyl sites for hydroxylation is 1. The lowest BCUT2D eigenvalue weighted by Gasteiger charge is -2.38. The second kappa shape index (κ2) is 14.9. The van der Waals surface area contributed by atoms with Gasteiger partial charge in [0.15, 0.2) is 12.1 Å². The zero-order valence-electron chi connectivity index (χ0n) is 23.8. The summed E-state index contributed by atoms with van der Waals surface area (Å²) in [6.45, 7) is 19.5. The molecule has 0 spiro atoms. The van der Waals surface area contributed by atoms with Crippen LogP contribution in [0.2, 0.25) is 0 Å². The Hall–Kier alpha value is -1.48. The summed E-state index contributed by atoms with van der Waals surface area (Å²) in [5.41, 5.74) is -1.10. The van der Waals surface area contributed by atoms with E-state index in [0.717, 1.165) is 4.57 Å². The molecule has 0 saturated carbocycles. The largest absolute Gasteiger partial charge is 0.382 e. The quantitative estimate of drug-likeness (QED) is 0.185. The van der Waals surface area contributed by atoms with Crippen LogP contribution in [0.3, 0.4) is 0 Å². The Bertz CT molecular complexity index is 1130. The van der Waals surface area contributed by atoms with Gasteiger partial charge in [0, 0.05) is 31.0 Å². The van der Waals surface area contributed by atoms with E-state index in [9.17, 15) is 14.2 Å². The van der Waals surface area contributed by atoms with Crippen molar-refractivity contribution in [3.63, 3.8) is 0 Å². The van der Waals surface area contributed by atoms with Gasteiger partial charge in [-0.3, -0.25) is 14.3 Å². The molecule has 222 valence electrons. The highest BCUT2D eigenvalue weighted by molar-refractivity contribution is 7.62. The third-order valence-corrected chi connectivity index (χ3v) is 9.58. The second-order valence-electron chi connectivity index (χ2n) is 10.2. The van der Waals surface area contributed by atoms with Gasteiger partial charge in [-0.25, -0.2) is 20.4 Å². The first-order chi connectivity index (χ1) is 18.2. The van der Waals surface area contributed by atoms with Crippen LogP contribution in [-0.2, 0) is 27.8 Å². The van der Waals surface area contributed by atoms with Crippen molar-refractivity contribution in [3.8, 4) is 0 Å². The van der Waals surface area contributed by atoms with Crippen LogP contribution in [0.25, 0.3) is 4.85 Å². The number of ether oxygens (including phenoxy) is 3. The zero-order chi connectivity index (χ0) is 29.5. The standard InChI is InChI=1S/C24H41FN4O8P2/c1-15(2)29(16(3)4)38(35-11-10-26-6)37-18-19(21(25)39(8,9)32)36-23(20(18)34-13-12-33-7)28-14-17(5)22(30)27-24(28)31/h14-16,18-21,23H,10-13H2,1-5,7-9H3,(H,27,30,31)/t18-,19+,20-,21-,23-,38?/m1/s1. The van der Waals surface area contributed by atoms with Crippen molar-refractivity contribution in [1.29, 1.82) is 0 Å². The van der Waals surface area contributed by atoms with Gasteiger partial charge in [0.25, 0.3) is 14.1 Å². The van der Waals surface area contributed by atoms with E-state index in [2.05, 4.69) is 9.83 Å². The summed E-state index contributed by atoms with van der Waals surface area (Å²) in [7, 11) is -3.74. The highest BCUT2D eigenvalue weighted by Gasteiger charge is 2.55. The van der Waals surface area contributed by atoms with Crippen molar-refractivity contribution >= 4 is 15.7 Å². The maximum absolute atomic E-state index is 15.9. The molecule has 1 N–H and O–H groups in total. The molecule has 12 nitrogen and oxygen atoms in total. The van der Waals surface area contributed by atoms with Crippen LogP contribution >= 0.6 is 15.7 Å². The number of halogens is 1. The molecule has 0 aliphatic carbocycles. The van der Waals surface area contributed by atoms with E-state index in [1.807, 2.05) is 32.4 Å². The Morgan fingerprint density at radius 3 is 2.38 bits per heavy atom. The van der Waals surface area contributed by atoms with E-state index in [4.69, 9.17) is 29.8 Å². The van der Waals surface area contributed by atoms with Crippen LogP contribution in [0, 0.1) is 13.5 Å². The summed E-state index contributed by atoms with van der Waals surface area (Å²) < 4.78 is 61.6. The number of nitrogens with zero attached hydrogens (tertiary/aromatic N) is 3. The number of alkyl halides is 1. The molecule has 0 amide bonds. The molecule has 39 heavy (non-hydrogen) atoms. The Labute approximate surface area is 230 Å². The second-order valence-corrected chi connectivity index (χ2v) is 15.0. The fraction of sp³-hybridized carbons (Fsp3) is 0.792. The smallest absolute Gasteiger partial charge is 0.330 e. The Kier molecular flexibility index (Phi) is 12.9. The van der Waals surface area contributed by atoms with Gasteiger partial charge in [-0.05, 0) is 47.9 Å².